The third-order valence-corrected chi connectivity index (χ3v) is 5.67. The fraction of sp³-hybridized carbons (Fsp3) is 0.500. The number of rotatable bonds is 10. The van der Waals surface area contributed by atoms with Crippen molar-refractivity contribution < 1.29 is 24.4 Å². The minimum atomic E-state index is -0.820. The minimum Gasteiger partial charge on any atom is -0.508 e. The number of hydrogen-bond donors (Lipinski definition) is 2. The molecule has 164 valence electrons. The van der Waals surface area contributed by atoms with Crippen molar-refractivity contribution in [1.29, 1.82) is 0 Å². The van der Waals surface area contributed by atoms with E-state index in [1.807, 2.05) is 12.1 Å². The number of aliphatic hydroxyl groups is 1. The zero-order valence-electron chi connectivity index (χ0n) is 18.0. The van der Waals surface area contributed by atoms with E-state index in [1.165, 1.54) is 19.3 Å². The molecule has 0 spiro atoms. The van der Waals surface area contributed by atoms with Crippen molar-refractivity contribution in [3.63, 3.8) is 0 Å². The van der Waals surface area contributed by atoms with Gasteiger partial charge in [-0.25, -0.2) is 0 Å². The van der Waals surface area contributed by atoms with Crippen LogP contribution in [0.15, 0.2) is 36.4 Å². The van der Waals surface area contributed by atoms with E-state index in [9.17, 15) is 10.2 Å². The molecule has 1 aliphatic rings. The molecular weight excluding hydrogens is 382 g/mol. The van der Waals surface area contributed by atoms with E-state index in [1.54, 1.807) is 38.5 Å². The summed E-state index contributed by atoms with van der Waals surface area (Å²) in [5.41, 5.74) is 1.39. The van der Waals surface area contributed by atoms with Gasteiger partial charge in [0, 0.05) is 6.54 Å². The van der Waals surface area contributed by atoms with Crippen LogP contribution in [0.1, 0.15) is 42.9 Å². The van der Waals surface area contributed by atoms with E-state index >= 15 is 0 Å². The summed E-state index contributed by atoms with van der Waals surface area (Å²) in [6.07, 6.45) is 3.90. The van der Waals surface area contributed by atoms with Gasteiger partial charge in [-0.1, -0.05) is 24.6 Å². The zero-order chi connectivity index (χ0) is 21.3. The van der Waals surface area contributed by atoms with Crippen LogP contribution in [0.3, 0.4) is 0 Å². The molecule has 30 heavy (non-hydrogen) atoms. The van der Waals surface area contributed by atoms with Gasteiger partial charge in [0.25, 0.3) is 0 Å². The van der Waals surface area contributed by atoms with Gasteiger partial charge in [-0.15, -0.1) is 0 Å². The number of phenolic OH excluding ortho intramolecular Hbond substituents is 1. The average Bonchev–Trinajstić information content (AvgIpc) is 2.78. The highest BCUT2D eigenvalue weighted by Crippen LogP contribution is 2.42. The lowest BCUT2D eigenvalue weighted by Gasteiger charge is -2.27. The van der Waals surface area contributed by atoms with Gasteiger partial charge in [0.15, 0.2) is 11.5 Å². The first kappa shape index (κ1) is 22.2. The Bertz CT molecular complexity index is 804. The first-order valence-electron chi connectivity index (χ1n) is 10.7. The number of phenols is 1. The maximum absolute atomic E-state index is 11.0. The number of aliphatic hydroxyl groups excluding tert-OH is 1. The van der Waals surface area contributed by atoms with Gasteiger partial charge in [-0.05, 0) is 62.5 Å². The van der Waals surface area contributed by atoms with Crippen LogP contribution in [-0.4, -0.2) is 55.6 Å². The van der Waals surface area contributed by atoms with Crippen molar-refractivity contribution >= 4 is 0 Å². The predicted molar refractivity (Wildman–Crippen MR) is 117 cm³/mol. The van der Waals surface area contributed by atoms with Gasteiger partial charge in [-0.2, -0.15) is 0 Å². The van der Waals surface area contributed by atoms with E-state index in [0.717, 1.165) is 25.2 Å². The third-order valence-electron chi connectivity index (χ3n) is 5.67. The second-order valence-corrected chi connectivity index (χ2v) is 7.65. The molecule has 1 heterocycles. The molecule has 2 aromatic rings. The van der Waals surface area contributed by atoms with E-state index in [-0.39, 0.29) is 5.75 Å². The number of nitrogens with zero attached hydrogens (tertiary/aromatic N) is 1. The van der Waals surface area contributed by atoms with Gasteiger partial charge in [0.2, 0.25) is 0 Å². The molecule has 1 atom stereocenters. The van der Waals surface area contributed by atoms with Crippen LogP contribution in [0.5, 0.6) is 23.0 Å². The standard InChI is InChI=1S/C24H33NO5/c1-28-21-12-13-22(29-2)24(30-17-16-25-14-6-3-7-15-25)23(21)20(27)11-10-18-8-4-5-9-19(18)26/h4-5,8-9,12-13,20,26-27H,3,6-7,10-11,14-17H2,1-2H3. The fourth-order valence-corrected chi connectivity index (χ4v) is 3.98. The molecule has 1 unspecified atom stereocenters. The molecule has 6 heteroatoms. The Morgan fingerprint density at radius 2 is 1.67 bits per heavy atom. The highest BCUT2D eigenvalue weighted by Gasteiger charge is 2.24. The summed E-state index contributed by atoms with van der Waals surface area (Å²) in [6, 6.07) is 10.8. The molecule has 6 nitrogen and oxygen atoms in total. The first-order chi connectivity index (χ1) is 14.6. The zero-order valence-corrected chi connectivity index (χ0v) is 18.0. The number of ether oxygens (including phenoxy) is 3. The Kier molecular flexibility index (Phi) is 8.22. The molecule has 1 fully saturated rings. The van der Waals surface area contributed by atoms with E-state index in [0.29, 0.717) is 42.3 Å². The maximum Gasteiger partial charge on any atom is 0.170 e. The molecule has 0 saturated carbocycles. The van der Waals surface area contributed by atoms with E-state index < -0.39 is 6.10 Å². The predicted octanol–water partition coefficient (Wildman–Crippen LogP) is 3.94. The lowest BCUT2D eigenvalue weighted by molar-refractivity contribution is 0.148. The van der Waals surface area contributed by atoms with E-state index in [2.05, 4.69) is 4.90 Å². The molecule has 1 saturated heterocycles. The van der Waals surface area contributed by atoms with Gasteiger partial charge in [0.05, 0.1) is 25.9 Å². The normalized spacial score (nSPS) is 15.6. The number of aryl methyl sites for hydroxylation is 1. The monoisotopic (exact) mass is 415 g/mol. The number of hydrogen-bond acceptors (Lipinski definition) is 6. The number of aromatic hydroxyl groups is 1. The average molecular weight is 416 g/mol. The number of benzene rings is 2. The van der Waals surface area contributed by atoms with Crippen LogP contribution < -0.4 is 14.2 Å². The van der Waals surface area contributed by atoms with E-state index in [4.69, 9.17) is 14.2 Å². The smallest absolute Gasteiger partial charge is 0.170 e. The van der Waals surface area contributed by atoms with Crippen LogP contribution in [0, 0.1) is 0 Å². The Morgan fingerprint density at radius 3 is 2.37 bits per heavy atom. The lowest BCUT2D eigenvalue weighted by Crippen LogP contribution is -2.33. The molecule has 0 radical (unpaired) electrons. The van der Waals surface area contributed by atoms with Crippen molar-refractivity contribution in [2.24, 2.45) is 0 Å². The Hall–Kier alpha value is -2.44. The summed E-state index contributed by atoms with van der Waals surface area (Å²) in [4.78, 5) is 2.41. The topological polar surface area (TPSA) is 71.4 Å². The summed E-state index contributed by atoms with van der Waals surface area (Å²) in [7, 11) is 3.18. The van der Waals surface area contributed by atoms with Crippen molar-refractivity contribution in [2.75, 3.05) is 40.5 Å². The summed E-state index contributed by atoms with van der Waals surface area (Å²) >= 11 is 0. The summed E-state index contributed by atoms with van der Waals surface area (Å²) in [5.74, 6) is 1.90. The first-order valence-corrected chi connectivity index (χ1v) is 10.7. The highest BCUT2D eigenvalue weighted by atomic mass is 16.5. The molecule has 2 N–H and O–H groups in total. The Labute approximate surface area is 179 Å². The quantitative estimate of drug-likeness (QED) is 0.612. The second kappa shape index (κ2) is 11.1. The van der Waals surface area contributed by atoms with Crippen LogP contribution in [0.2, 0.25) is 0 Å². The number of likely N-dealkylation sites (tertiary alicyclic amines) is 1. The minimum absolute atomic E-state index is 0.236. The van der Waals surface area contributed by atoms with Gasteiger partial charge in [0.1, 0.15) is 18.1 Å². The van der Waals surface area contributed by atoms with Crippen LogP contribution in [0.25, 0.3) is 0 Å². The Balaban J connectivity index is 1.75. The van der Waals surface area contributed by atoms with Gasteiger partial charge >= 0.3 is 0 Å². The van der Waals surface area contributed by atoms with Gasteiger partial charge in [-0.3, -0.25) is 4.90 Å². The maximum atomic E-state index is 11.0. The van der Waals surface area contributed by atoms with Crippen molar-refractivity contribution in [2.45, 2.75) is 38.2 Å². The lowest BCUT2D eigenvalue weighted by atomic mass is 9.98. The molecule has 0 amide bonds. The SMILES string of the molecule is COc1ccc(OC)c(C(O)CCc2ccccc2O)c1OCCN1CCCCC1. The molecule has 3 rings (SSSR count). The molecule has 0 aliphatic carbocycles. The van der Waals surface area contributed by atoms with Crippen molar-refractivity contribution in [3.05, 3.63) is 47.5 Å². The number of para-hydroxylation sites is 1. The third kappa shape index (κ3) is 5.58. The van der Waals surface area contributed by atoms with Crippen molar-refractivity contribution in [3.8, 4) is 23.0 Å². The highest BCUT2D eigenvalue weighted by molar-refractivity contribution is 5.55. The number of piperidine rings is 1. The molecule has 0 aromatic heterocycles. The molecule has 1 aliphatic heterocycles. The Morgan fingerprint density at radius 1 is 0.967 bits per heavy atom. The van der Waals surface area contributed by atoms with Crippen LogP contribution >= 0.6 is 0 Å². The summed E-state index contributed by atoms with van der Waals surface area (Å²) < 4.78 is 17.2. The van der Waals surface area contributed by atoms with Crippen LogP contribution in [-0.2, 0) is 6.42 Å². The van der Waals surface area contributed by atoms with Gasteiger partial charge < -0.3 is 24.4 Å². The number of methoxy groups -OCH3 is 2. The fourth-order valence-electron chi connectivity index (χ4n) is 3.98. The summed E-state index contributed by atoms with van der Waals surface area (Å²) in [6.45, 7) is 3.57. The molecular formula is C24H33NO5. The van der Waals surface area contributed by atoms with Crippen molar-refractivity contribution in [1.82, 2.24) is 4.90 Å². The van der Waals surface area contributed by atoms with Crippen LogP contribution in [0.4, 0.5) is 0 Å². The molecule has 2 aromatic carbocycles. The summed E-state index contributed by atoms with van der Waals surface area (Å²) in [5, 5.41) is 21.0. The molecule has 0 bridgehead atoms. The largest absolute Gasteiger partial charge is 0.508 e. The second-order valence-electron chi connectivity index (χ2n) is 7.65.